The van der Waals surface area contributed by atoms with E-state index in [0.717, 1.165) is 29.4 Å². The maximum Gasteiger partial charge on any atom is 0.425 e. The number of rotatable bonds is 17. The lowest BCUT2D eigenvalue weighted by atomic mass is 9.84. The average molecular weight is 854 g/mol. The lowest BCUT2D eigenvalue weighted by Crippen LogP contribution is -2.50. The Hall–Kier alpha value is -6.03. The van der Waals surface area contributed by atoms with Gasteiger partial charge in [-0.2, -0.15) is 17.4 Å². The number of benzene rings is 5. The van der Waals surface area contributed by atoms with Gasteiger partial charge in [-0.25, -0.2) is 9.59 Å². The van der Waals surface area contributed by atoms with Gasteiger partial charge >= 0.3 is 28.4 Å². The highest BCUT2D eigenvalue weighted by atomic mass is 32.2. The van der Waals surface area contributed by atoms with E-state index in [2.05, 4.69) is 41.1 Å². The molecule has 314 valence electrons. The number of hydrogen-bond acceptors (Lipinski definition) is 11. The molecule has 1 saturated heterocycles. The molecule has 0 bridgehead atoms. The van der Waals surface area contributed by atoms with Crippen molar-refractivity contribution in [2.75, 3.05) is 41.0 Å². The number of carbonyl (C=O) groups is 3. The summed E-state index contributed by atoms with van der Waals surface area (Å²) in [6, 6.07) is 43.4. The van der Waals surface area contributed by atoms with Crippen LogP contribution < -0.4 is 14.2 Å². The number of hydrogen-bond donors (Lipinski definition) is 1. The lowest BCUT2D eigenvalue weighted by molar-refractivity contribution is -0.140. The van der Waals surface area contributed by atoms with Crippen molar-refractivity contribution < 1.29 is 46.5 Å². The number of methoxy groups -OCH3 is 3. The van der Waals surface area contributed by atoms with E-state index in [0.29, 0.717) is 23.5 Å². The van der Waals surface area contributed by atoms with Crippen LogP contribution in [0.5, 0.6) is 11.5 Å². The molecule has 0 radical (unpaired) electrons. The van der Waals surface area contributed by atoms with E-state index in [4.69, 9.17) is 23.7 Å². The van der Waals surface area contributed by atoms with E-state index in [1.807, 2.05) is 54.6 Å². The van der Waals surface area contributed by atoms with Gasteiger partial charge in [-0.15, -0.1) is 11.8 Å². The van der Waals surface area contributed by atoms with Crippen LogP contribution in [0.25, 0.3) is 0 Å². The van der Waals surface area contributed by atoms with E-state index in [1.165, 1.54) is 12.0 Å². The van der Waals surface area contributed by atoms with Gasteiger partial charge in [0.05, 0.1) is 26.1 Å². The van der Waals surface area contributed by atoms with Crippen LogP contribution in [0.2, 0.25) is 0 Å². The second-order valence-corrected chi connectivity index (χ2v) is 17.0. The molecule has 60 heavy (non-hydrogen) atoms. The minimum absolute atomic E-state index is 0.0372. The van der Waals surface area contributed by atoms with E-state index in [9.17, 15) is 22.8 Å². The summed E-state index contributed by atoms with van der Waals surface area (Å²) in [5.74, 6) is 0.254. The zero-order chi connectivity index (χ0) is 42.5. The number of nitrogens with zero attached hydrogens (tertiary/aromatic N) is 2. The second kappa shape index (κ2) is 20.3. The minimum atomic E-state index is -4.73. The van der Waals surface area contributed by atoms with Crippen molar-refractivity contribution in [3.8, 4) is 11.5 Å². The standard InChI is InChI=1S/C45H47N3O10S2/c1-54-39-23-19-33(20-24-39)31-57-43(50)47-29-41(59-45(35-13-7-4-8-14-35,36-15-9-5-10-16-36)37-17-11-6-12-18-37)27-38(47)28-46-60(52,53)48(30-42(49)56-3)44(51)58-32-34-21-25-40(55-2)26-22-34/h4-26,38,41,46H,27-32H2,1-3H3/t38-,41-/m0/s1. The maximum atomic E-state index is 14.0. The van der Waals surface area contributed by atoms with Crippen LogP contribution >= 0.6 is 11.8 Å². The summed E-state index contributed by atoms with van der Waals surface area (Å²) in [6.45, 7) is -1.36. The van der Waals surface area contributed by atoms with Gasteiger partial charge in [-0.3, -0.25) is 4.79 Å². The number of thioether (sulfide) groups is 1. The molecule has 2 amide bonds. The van der Waals surface area contributed by atoms with Crippen LogP contribution in [0.1, 0.15) is 34.2 Å². The molecule has 1 heterocycles. The third kappa shape index (κ3) is 10.6. The smallest absolute Gasteiger partial charge is 0.425 e. The largest absolute Gasteiger partial charge is 0.497 e. The Morgan fingerprint density at radius 2 is 1.17 bits per heavy atom. The zero-order valence-electron chi connectivity index (χ0n) is 33.5. The Bertz CT molecular complexity index is 2190. The third-order valence-corrected chi connectivity index (χ3v) is 13.2. The molecule has 15 heteroatoms. The molecule has 6 rings (SSSR count). The average Bonchev–Trinajstić information content (AvgIpc) is 3.71. The molecule has 1 N–H and O–H groups in total. The fourth-order valence-corrected chi connectivity index (χ4v) is 9.90. The highest BCUT2D eigenvalue weighted by molar-refractivity contribution is 8.01. The number of carbonyl (C=O) groups excluding carboxylic acids is 3. The Labute approximate surface area is 354 Å². The van der Waals surface area contributed by atoms with Crippen molar-refractivity contribution in [2.24, 2.45) is 0 Å². The van der Waals surface area contributed by atoms with Crippen LogP contribution in [0.15, 0.2) is 140 Å². The summed E-state index contributed by atoms with van der Waals surface area (Å²) in [5.41, 5.74) is 4.36. The molecule has 5 aromatic rings. The molecular formula is C45H47N3O10S2. The molecule has 5 aromatic carbocycles. The van der Waals surface area contributed by atoms with Gasteiger partial charge < -0.3 is 28.6 Å². The fourth-order valence-electron chi connectivity index (χ4n) is 6.95. The van der Waals surface area contributed by atoms with Crippen molar-refractivity contribution in [1.29, 1.82) is 0 Å². The van der Waals surface area contributed by atoms with Crippen LogP contribution in [0.3, 0.4) is 0 Å². The molecule has 0 aromatic heterocycles. The highest BCUT2D eigenvalue weighted by Crippen LogP contribution is 2.52. The van der Waals surface area contributed by atoms with Crippen molar-refractivity contribution in [3.05, 3.63) is 167 Å². The number of amides is 2. The normalized spacial score (nSPS) is 15.2. The van der Waals surface area contributed by atoms with Gasteiger partial charge in [0.25, 0.3) is 0 Å². The molecule has 0 unspecified atom stereocenters. The Morgan fingerprint density at radius 3 is 1.62 bits per heavy atom. The maximum absolute atomic E-state index is 14.0. The first-order valence-corrected chi connectivity index (χ1v) is 21.4. The van der Waals surface area contributed by atoms with Crippen LogP contribution in [0.4, 0.5) is 9.59 Å². The molecule has 0 saturated carbocycles. The summed E-state index contributed by atoms with van der Waals surface area (Å²) in [7, 11) is -0.576. The van der Waals surface area contributed by atoms with E-state index in [-0.39, 0.29) is 35.9 Å². The van der Waals surface area contributed by atoms with Gasteiger partial charge in [-0.1, -0.05) is 115 Å². The predicted octanol–water partition coefficient (Wildman–Crippen LogP) is 7.15. The monoisotopic (exact) mass is 853 g/mol. The van der Waals surface area contributed by atoms with Crippen molar-refractivity contribution in [2.45, 2.75) is 35.7 Å². The summed E-state index contributed by atoms with van der Waals surface area (Å²) >= 11 is 1.67. The molecule has 0 spiro atoms. The Morgan fingerprint density at radius 1 is 0.700 bits per heavy atom. The summed E-state index contributed by atoms with van der Waals surface area (Å²) in [5, 5.41) is -0.241. The van der Waals surface area contributed by atoms with Crippen molar-refractivity contribution in [1.82, 2.24) is 13.9 Å². The van der Waals surface area contributed by atoms with Gasteiger partial charge in [0.1, 0.15) is 31.3 Å². The first-order chi connectivity index (χ1) is 29.1. The highest BCUT2D eigenvalue weighted by Gasteiger charge is 2.45. The first-order valence-electron chi connectivity index (χ1n) is 19.1. The number of likely N-dealkylation sites (tertiary alicyclic amines) is 1. The predicted molar refractivity (Wildman–Crippen MR) is 228 cm³/mol. The van der Waals surface area contributed by atoms with Gasteiger partial charge in [-0.05, 0) is 58.5 Å². The number of esters is 1. The van der Waals surface area contributed by atoms with E-state index >= 15 is 0 Å². The van der Waals surface area contributed by atoms with E-state index in [1.54, 1.807) is 67.4 Å². The SMILES string of the molecule is COC(=O)CN(C(=O)OCc1ccc(OC)cc1)S(=O)(=O)NC[C@@H]1C[C@H](SC(c2ccccc2)(c2ccccc2)c2ccccc2)CN1C(=O)OCc1ccc(OC)cc1. The second-order valence-electron chi connectivity index (χ2n) is 13.8. The van der Waals surface area contributed by atoms with Gasteiger partial charge in [0.2, 0.25) is 0 Å². The van der Waals surface area contributed by atoms with Crippen LogP contribution in [-0.2, 0) is 47.2 Å². The molecule has 1 fully saturated rings. The quantitative estimate of drug-likeness (QED) is 0.0577. The van der Waals surface area contributed by atoms with Crippen molar-refractivity contribution in [3.63, 3.8) is 0 Å². The zero-order valence-corrected chi connectivity index (χ0v) is 35.1. The summed E-state index contributed by atoms with van der Waals surface area (Å²) in [4.78, 5) is 41.3. The molecule has 0 aliphatic carbocycles. The Kier molecular flexibility index (Phi) is 14.7. The molecular weight excluding hydrogens is 807 g/mol. The molecule has 13 nitrogen and oxygen atoms in total. The molecule has 2 atom stereocenters. The van der Waals surface area contributed by atoms with Crippen molar-refractivity contribution >= 4 is 40.1 Å². The van der Waals surface area contributed by atoms with Gasteiger partial charge in [0.15, 0.2) is 0 Å². The lowest BCUT2D eigenvalue weighted by Gasteiger charge is -2.37. The van der Waals surface area contributed by atoms with Crippen LogP contribution in [-0.4, -0.2) is 88.0 Å². The van der Waals surface area contributed by atoms with Gasteiger partial charge in [0, 0.05) is 24.4 Å². The molecule has 1 aliphatic rings. The third-order valence-electron chi connectivity index (χ3n) is 10.0. The summed E-state index contributed by atoms with van der Waals surface area (Å²) < 4.78 is 56.2. The van der Waals surface area contributed by atoms with Crippen LogP contribution in [0, 0.1) is 0 Å². The topological polar surface area (TPSA) is 150 Å². The minimum Gasteiger partial charge on any atom is -0.497 e. The summed E-state index contributed by atoms with van der Waals surface area (Å²) in [6.07, 6.45) is -1.59. The van der Waals surface area contributed by atoms with E-state index < -0.39 is 45.7 Å². The number of ether oxygens (including phenoxy) is 5. The number of nitrogens with one attached hydrogen (secondary N) is 1. The Balaban J connectivity index is 1.28. The molecule has 1 aliphatic heterocycles. The first kappa shape index (κ1) is 43.5. The fraction of sp³-hybridized carbons (Fsp3) is 0.267.